The number of Topliss-reactive ketones (excluding diaryl/α,β-unsaturated/α-hetero) is 1. The summed E-state index contributed by atoms with van der Waals surface area (Å²) in [6.45, 7) is 1.41. The van der Waals surface area contributed by atoms with Crippen LogP contribution in [0.25, 0.3) is 0 Å². The van der Waals surface area contributed by atoms with Gasteiger partial charge < -0.3 is 36.8 Å². The fourth-order valence-corrected chi connectivity index (χ4v) is 8.11. The number of rotatable bonds is 11. The first-order valence-electron chi connectivity index (χ1n) is 13.8. The highest BCUT2D eigenvalue weighted by atomic mass is 32.2. The van der Waals surface area contributed by atoms with Gasteiger partial charge in [0.1, 0.15) is 24.4 Å². The molecule has 2 saturated carbocycles. The van der Waals surface area contributed by atoms with Crippen molar-refractivity contribution in [1.29, 1.82) is 0 Å². The average Bonchev–Trinajstić information content (AvgIpc) is 3.23. The number of nitrogens with two attached hydrogens (primary N) is 1. The smallest absolute Gasteiger partial charge is 0.322 e. The molecular weight excluding hydrogens is 554 g/mol. The number of hydrogen-bond donors (Lipinski definition) is 7. The molecule has 0 heterocycles. The Morgan fingerprint density at radius 2 is 1.88 bits per heavy atom. The van der Waals surface area contributed by atoms with E-state index in [9.17, 15) is 34.2 Å². The second-order valence-electron chi connectivity index (χ2n) is 11.5. The number of aliphatic carboxylic acids is 2. The van der Waals surface area contributed by atoms with E-state index in [1.165, 1.54) is 0 Å². The van der Waals surface area contributed by atoms with E-state index in [0.29, 0.717) is 29.4 Å². The Labute approximate surface area is 241 Å². The molecule has 13 heteroatoms. The van der Waals surface area contributed by atoms with E-state index in [4.69, 9.17) is 15.9 Å². The molecule has 8 N–H and O–H groups in total. The van der Waals surface area contributed by atoms with Crippen molar-refractivity contribution in [2.45, 2.75) is 81.2 Å². The van der Waals surface area contributed by atoms with Gasteiger partial charge in [-0.05, 0) is 73.5 Å². The molecule has 1 aromatic rings. The molecule has 0 spiro atoms. The third-order valence-corrected chi connectivity index (χ3v) is 10.3. The Morgan fingerprint density at radius 1 is 1.15 bits per heavy atom. The molecule has 0 bridgehead atoms. The Morgan fingerprint density at radius 3 is 2.56 bits per heavy atom. The molecule has 224 valence electrons. The van der Waals surface area contributed by atoms with Crippen molar-refractivity contribution in [3.05, 3.63) is 17.2 Å². The molecule has 3 aliphatic rings. The predicted octanol–water partition coefficient (Wildman–Crippen LogP) is 1.49. The van der Waals surface area contributed by atoms with E-state index in [2.05, 4.69) is 17.6 Å². The van der Waals surface area contributed by atoms with Crippen LogP contribution >= 0.6 is 11.8 Å². The maximum absolute atomic E-state index is 12.8. The van der Waals surface area contributed by atoms with Crippen LogP contribution in [0.3, 0.4) is 0 Å². The van der Waals surface area contributed by atoms with Crippen LogP contribution < -0.4 is 16.4 Å². The van der Waals surface area contributed by atoms with Gasteiger partial charge in [0.25, 0.3) is 0 Å². The van der Waals surface area contributed by atoms with E-state index in [0.717, 1.165) is 48.6 Å². The average molecular weight is 592 g/mol. The first-order valence-corrected chi connectivity index (χ1v) is 14.8. The number of carboxylic acids is 2. The molecule has 2 amide bonds. The largest absolute Gasteiger partial charge is 0.504 e. The maximum atomic E-state index is 12.8. The number of phenols is 2. The Hall–Kier alpha value is -3.32. The number of aromatic hydroxyl groups is 2. The van der Waals surface area contributed by atoms with Gasteiger partial charge in [0.15, 0.2) is 11.5 Å². The highest BCUT2D eigenvalue weighted by molar-refractivity contribution is 7.99. The lowest BCUT2D eigenvalue weighted by Crippen LogP contribution is -2.49. The number of amides is 2. The minimum Gasteiger partial charge on any atom is -0.504 e. The number of carboxylic acid groups (broad SMARTS) is 2. The van der Waals surface area contributed by atoms with Crippen molar-refractivity contribution in [3.8, 4) is 11.5 Å². The minimum atomic E-state index is -1.27. The van der Waals surface area contributed by atoms with Crippen molar-refractivity contribution >= 4 is 41.3 Å². The molecule has 0 radical (unpaired) electrons. The summed E-state index contributed by atoms with van der Waals surface area (Å²) in [5.74, 6) is -3.62. The van der Waals surface area contributed by atoms with Crippen molar-refractivity contribution in [3.63, 3.8) is 0 Å². The topological polar surface area (TPSA) is 216 Å². The van der Waals surface area contributed by atoms with E-state index < -0.39 is 42.4 Å². The van der Waals surface area contributed by atoms with Crippen molar-refractivity contribution in [2.75, 3.05) is 12.3 Å². The van der Waals surface area contributed by atoms with Crippen LogP contribution in [-0.2, 0) is 30.4 Å². The number of fused-ring (bicyclic) bond motifs is 5. The van der Waals surface area contributed by atoms with Crippen LogP contribution in [0.15, 0.2) is 11.0 Å². The first kappa shape index (κ1) is 30.6. The lowest BCUT2D eigenvalue weighted by molar-refractivity contribution is -0.139. The molecule has 1 aromatic carbocycles. The summed E-state index contributed by atoms with van der Waals surface area (Å²) in [5, 5.41) is 44.1. The molecule has 0 aromatic heterocycles. The Balaban J connectivity index is 1.54. The Kier molecular flexibility index (Phi) is 9.17. The Bertz CT molecular complexity index is 1250. The maximum Gasteiger partial charge on any atom is 0.322 e. The SMILES string of the molecule is C[C@]12CC[C@@H]3c4cc(O)c(O)c(SC[C@H](NC(=O)CC[C@H](N)C(=O)O)C(=O)NCC(=O)O)c4CC[C@H]3[C@@H]1CCC2=O. The van der Waals surface area contributed by atoms with Crippen LogP contribution in [0.4, 0.5) is 0 Å². The standard InChI is InChI=1S/C28H37N3O9S/c1-28-9-8-13-14(17(28)4-6-21(28)33)2-3-15-16(13)10-20(32)24(37)25(15)41-12-19(26(38)30-11-23(35)36)31-22(34)7-5-18(29)27(39)40/h10,13-14,17-19,32,37H,2-9,11-12,29H2,1H3,(H,30,38)(H,31,34)(H,35,36)(H,39,40)/t13-,14+,17-,18-,19-,28-/m0/s1. The van der Waals surface area contributed by atoms with Gasteiger partial charge in [0, 0.05) is 24.0 Å². The van der Waals surface area contributed by atoms with Crippen LogP contribution in [0.1, 0.15) is 68.9 Å². The van der Waals surface area contributed by atoms with Gasteiger partial charge in [-0.15, -0.1) is 11.8 Å². The fraction of sp³-hybridized carbons (Fsp3) is 0.607. The number of hydrogen-bond acceptors (Lipinski definition) is 9. The van der Waals surface area contributed by atoms with Crippen LogP contribution in [-0.4, -0.2) is 74.3 Å². The molecule has 0 unspecified atom stereocenters. The summed E-state index contributed by atoms with van der Waals surface area (Å²) in [7, 11) is 0. The lowest BCUT2D eigenvalue weighted by Gasteiger charge is -2.48. The molecule has 2 fully saturated rings. The quantitative estimate of drug-likeness (QED) is 0.144. The van der Waals surface area contributed by atoms with E-state index in [1.807, 2.05) is 0 Å². The van der Waals surface area contributed by atoms with Crippen molar-refractivity contribution < 1.29 is 44.4 Å². The molecule has 0 saturated heterocycles. The number of phenolic OH excluding ortho intramolecular Hbond substituents is 2. The van der Waals surface area contributed by atoms with Gasteiger partial charge in [-0.2, -0.15) is 0 Å². The predicted molar refractivity (Wildman–Crippen MR) is 148 cm³/mol. The molecule has 0 aliphatic heterocycles. The van der Waals surface area contributed by atoms with Crippen molar-refractivity contribution in [2.24, 2.45) is 23.0 Å². The van der Waals surface area contributed by atoms with E-state index in [1.54, 1.807) is 6.07 Å². The number of ketones is 1. The van der Waals surface area contributed by atoms with E-state index >= 15 is 0 Å². The van der Waals surface area contributed by atoms with Gasteiger partial charge in [0.05, 0.1) is 4.90 Å². The summed E-state index contributed by atoms with van der Waals surface area (Å²) in [6, 6.07) is -0.856. The monoisotopic (exact) mass is 591 g/mol. The molecule has 6 atom stereocenters. The summed E-state index contributed by atoms with van der Waals surface area (Å²) in [6.07, 6.45) is 4.03. The minimum absolute atomic E-state index is 0.0884. The number of benzene rings is 1. The van der Waals surface area contributed by atoms with Crippen molar-refractivity contribution in [1.82, 2.24) is 10.6 Å². The fourth-order valence-electron chi connectivity index (χ4n) is 6.91. The van der Waals surface area contributed by atoms with Crippen LogP contribution in [0.2, 0.25) is 0 Å². The zero-order valence-corrected chi connectivity index (χ0v) is 23.7. The molecular formula is C28H37N3O9S. The molecule has 4 rings (SSSR count). The summed E-state index contributed by atoms with van der Waals surface area (Å²) in [5.41, 5.74) is 6.95. The summed E-state index contributed by atoms with van der Waals surface area (Å²) in [4.78, 5) is 60.3. The number of thioether (sulfide) groups is 1. The van der Waals surface area contributed by atoms with Gasteiger partial charge >= 0.3 is 11.9 Å². The second-order valence-corrected chi connectivity index (χ2v) is 12.5. The summed E-state index contributed by atoms with van der Waals surface area (Å²) >= 11 is 1.07. The second kappa shape index (κ2) is 12.3. The van der Waals surface area contributed by atoms with Gasteiger partial charge in [-0.25, -0.2) is 0 Å². The van der Waals surface area contributed by atoms with Crippen LogP contribution in [0.5, 0.6) is 11.5 Å². The number of nitrogens with one attached hydrogen (secondary N) is 2. The normalized spacial score (nSPS) is 26.2. The zero-order chi connectivity index (χ0) is 30.1. The number of carbonyl (C=O) groups is 5. The van der Waals surface area contributed by atoms with Crippen LogP contribution in [0, 0.1) is 17.3 Å². The van der Waals surface area contributed by atoms with Gasteiger partial charge in [0.2, 0.25) is 11.8 Å². The number of carbonyl (C=O) groups excluding carboxylic acids is 3. The molecule has 3 aliphatic carbocycles. The third kappa shape index (κ3) is 6.30. The zero-order valence-electron chi connectivity index (χ0n) is 22.9. The molecule has 41 heavy (non-hydrogen) atoms. The first-order chi connectivity index (χ1) is 19.3. The lowest BCUT2D eigenvalue weighted by atomic mass is 9.55. The third-order valence-electron chi connectivity index (χ3n) is 9.11. The van der Waals surface area contributed by atoms with Gasteiger partial charge in [-0.3, -0.25) is 24.0 Å². The van der Waals surface area contributed by atoms with E-state index in [-0.39, 0.29) is 47.3 Å². The molecule has 12 nitrogen and oxygen atoms in total. The highest BCUT2D eigenvalue weighted by Gasteiger charge is 2.54. The van der Waals surface area contributed by atoms with Gasteiger partial charge in [-0.1, -0.05) is 6.92 Å². The highest BCUT2D eigenvalue weighted by Crippen LogP contribution is 2.61. The summed E-state index contributed by atoms with van der Waals surface area (Å²) < 4.78 is 0.